The number of rotatable bonds is 5. The van der Waals surface area contributed by atoms with Gasteiger partial charge in [-0.25, -0.2) is 0 Å². The van der Waals surface area contributed by atoms with Crippen LogP contribution in [0.15, 0.2) is 309 Å². The molecule has 0 unspecified atom stereocenters. The van der Waals surface area contributed by atoms with E-state index in [0.717, 1.165) is 92.4 Å². The molecule has 15 aromatic rings. The number of hydrogen-bond acceptors (Lipinski definition) is 5. The third kappa shape index (κ3) is 26.7. The van der Waals surface area contributed by atoms with E-state index in [0.29, 0.717) is 28.7 Å². The Labute approximate surface area is 875 Å². The SMILES string of the molecule is CC(C)(C)c1ccc(O)c(-c2ccc3c(c2)Cc2ccccc2-3)c1.CC1(C)c2ccccc2-c2ccc(-c3ccccc3O)cc21.Cc1cc(-c2ccc3c(c2)Cc2ccccc2-3)c(O)c(C(C)(C)C)c1.Cc1ccc(O)c(-c2ccc3c(c2)Cc2ccccc2-3)c1.Oc1ccccc1-c1ccc2c(c1)Cc1ccccc1-2.[CH3-].[CH3-].[CH3-].[CH3-].[CH3-].[CH3-].[CH3-].[CH3-].[CH3-].[CH3-].[CH3-].[CH3-].[CH3-].[CH3-].[CH3-].[Ti+3].[Ti+3].[Ti+3].[Ti+3].[Ti+3]. The Kier molecular flexibility index (Phi) is 54.2. The molecule has 5 aliphatic carbocycles. The van der Waals surface area contributed by atoms with Crippen LogP contribution in [0.5, 0.6) is 28.7 Å². The maximum atomic E-state index is 10.9. The van der Waals surface area contributed by atoms with Crippen LogP contribution in [-0.2, 0) is 151 Å². The Balaban J connectivity index is -0.000000491. The van der Waals surface area contributed by atoms with E-state index >= 15 is 0 Å². The molecule has 5 aliphatic rings. The molecule has 5 radical (unpaired) electrons. The summed E-state index contributed by atoms with van der Waals surface area (Å²) in [6.07, 6.45) is 3.90. The second kappa shape index (κ2) is 54.4. The van der Waals surface area contributed by atoms with Crippen molar-refractivity contribution in [1.29, 1.82) is 0 Å². The zero-order valence-electron chi connectivity index (χ0n) is 83.0. The summed E-state index contributed by atoms with van der Waals surface area (Å²) >= 11 is 0. The second-order valence-electron chi connectivity index (χ2n) is 33.2. The van der Waals surface area contributed by atoms with Gasteiger partial charge < -0.3 is 137 Å². The predicted molar refractivity (Wildman–Crippen MR) is 561 cm³/mol. The molecule has 0 fully saturated rings. The summed E-state index contributed by atoms with van der Waals surface area (Å²) in [5, 5.41) is 51.5. The van der Waals surface area contributed by atoms with E-state index in [1.807, 2.05) is 67.6 Å². The van der Waals surface area contributed by atoms with Gasteiger partial charge >= 0.3 is 109 Å². The van der Waals surface area contributed by atoms with E-state index in [-0.39, 0.29) is 236 Å². The van der Waals surface area contributed by atoms with Crippen molar-refractivity contribution in [2.45, 2.75) is 111 Å². The van der Waals surface area contributed by atoms with Crippen LogP contribution < -0.4 is 0 Å². The monoisotopic (exact) mass is 1920 g/mol. The van der Waals surface area contributed by atoms with Gasteiger partial charge in [0.05, 0.1) is 0 Å². The fourth-order valence-electron chi connectivity index (χ4n) is 17.2. The first-order valence-corrected chi connectivity index (χ1v) is 39.1. The van der Waals surface area contributed by atoms with Crippen molar-refractivity contribution < 1.29 is 134 Å². The molecular weight excluding hydrogens is 1780 g/mol. The summed E-state index contributed by atoms with van der Waals surface area (Å²) in [6, 6.07) is 106. The van der Waals surface area contributed by atoms with E-state index in [1.54, 1.807) is 18.2 Å². The Morgan fingerprint density at radius 2 is 0.477 bits per heavy atom. The van der Waals surface area contributed by atoms with Crippen LogP contribution in [-0.4, -0.2) is 25.5 Å². The van der Waals surface area contributed by atoms with Crippen LogP contribution in [0, 0.1) is 125 Å². The number of phenols is 5. The first kappa shape index (κ1) is 131. The number of fused-ring (bicyclic) bond motifs is 15. The van der Waals surface area contributed by atoms with Gasteiger partial charge in [-0.3, -0.25) is 0 Å². The maximum absolute atomic E-state index is 10.9. The van der Waals surface area contributed by atoms with Crippen LogP contribution >= 0.6 is 0 Å². The summed E-state index contributed by atoms with van der Waals surface area (Å²) in [4.78, 5) is 0. The zero-order valence-corrected chi connectivity index (χ0v) is 90.8. The molecule has 0 saturated carbocycles. The van der Waals surface area contributed by atoms with Crippen molar-refractivity contribution in [3.63, 3.8) is 0 Å². The largest absolute Gasteiger partial charge is 3.00 e. The average molecular weight is 1920 g/mol. The quantitative estimate of drug-likeness (QED) is 0.0873. The maximum Gasteiger partial charge on any atom is 3.00 e. The Morgan fingerprint density at radius 3 is 0.833 bits per heavy atom. The minimum absolute atomic E-state index is 0. The molecule has 15 aromatic carbocycles. The molecule has 0 bridgehead atoms. The summed E-state index contributed by atoms with van der Waals surface area (Å²) in [7, 11) is 0. The van der Waals surface area contributed by atoms with E-state index in [4.69, 9.17) is 0 Å². The van der Waals surface area contributed by atoms with E-state index in [9.17, 15) is 25.5 Å². The molecule has 0 aliphatic heterocycles. The van der Waals surface area contributed by atoms with Gasteiger partial charge in [0.25, 0.3) is 0 Å². The minimum atomic E-state index is -0.0855. The van der Waals surface area contributed by atoms with Gasteiger partial charge in [0.1, 0.15) is 28.7 Å². The summed E-state index contributed by atoms with van der Waals surface area (Å²) in [5.41, 5.74) is 41.4. The van der Waals surface area contributed by atoms with Crippen molar-refractivity contribution in [2.75, 3.05) is 0 Å². The molecule has 0 saturated heterocycles. The summed E-state index contributed by atoms with van der Waals surface area (Å²) < 4.78 is 0. The first-order chi connectivity index (χ1) is 53.9. The molecule has 677 valence electrons. The normalized spacial score (nSPS) is 10.9. The minimum Gasteiger partial charge on any atom is -0.507 e. The topological polar surface area (TPSA) is 101 Å². The van der Waals surface area contributed by atoms with E-state index in [2.05, 4.69) is 293 Å². The van der Waals surface area contributed by atoms with Crippen LogP contribution in [0.3, 0.4) is 0 Å². The first-order valence-electron chi connectivity index (χ1n) is 39.1. The Hall–Kier alpha value is -9.13. The van der Waals surface area contributed by atoms with Crippen molar-refractivity contribution in [2.24, 2.45) is 0 Å². The molecule has 0 heterocycles. The fraction of sp³-hybridized carbons (Fsp3) is 0.139. The van der Waals surface area contributed by atoms with Gasteiger partial charge in [-0.2, -0.15) is 0 Å². The number of aromatic hydroxyl groups is 5. The van der Waals surface area contributed by atoms with Gasteiger partial charge in [0.2, 0.25) is 0 Å². The van der Waals surface area contributed by atoms with E-state index < -0.39 is 0 Å². The van der Waals surface area contributed by atoms with Crippen LogP contribution in [0.2, 0.25) is 0 Å². The number of benzene rings is 15. The molecule has 5 nitrogen and oxygen atoms in total. The average Bonchev–Trinajstić information content (AvgIpc) is 1.58. The molecule has 0 aromatic heterocycles. The smallest absolute Gasteiger partial charge is 0.507 e. The predicted octanol–water partition coefficient (Wildman–Crippen LogP) is 33.8. The third-order valence-corrected chi connectivity index (χ3v) is 23.2. The van der Waals surface area contributed by atoms with Crippen LogP contribution in [0.4, 0.5) is 0 Å². The number of hydrogen-bond donors (Lipinski definition) is 5. The van der Waals surface area contributed by atoms with Gasteiger partial charge in [0, 0.05) is 38.8 Å². The molecule has 0 amide bonds. The van der Waals surface area contributed by atoms with Crippen molar-refractivity contribution in [3.8, 4) is 140 Å². The number of para-hydroxylation sites is 2. The Morgan fingerprint density at radius 1 is 0.212 bits per heavy atom. The molecular formula is C122H139O5Ti5. The van der Waals surface area contributed by atoms with E-state index in [1.165, 1.54) is 122 Å². The standard InChI is InChI=1S/C24H24O.C23H22O.C21H18O.C20H16O.C19H14O.15CH3.5Ti/c1-15-11-21(23(25)22(12-15)24(2,3)4)17-9-10-20-18(14-17)13-16-7-5-6-8-19(16)20;1-23(2,3)18-9-11-22(24)21(14-18)16-8-10-20-17(13-16)12-15-6-4-5-7-19(15)20;1-21(2)18-9-5-3-8-16(18)17-12-11-14(13-19(17)21)15-7-4-6-10-20(15)22;1-13-6-9-20(21)19(10-13)15-7-8-18-16(12-15)11-14-4-2-3-5-17(14)18;20-19-8-4-3-7-18(19)14-9-10-17-15(12-14)11-13-5-1-2-6-16(13)17;;;;;;;;;;;;;;;;;;;;/h5-12,14,25H,13H2,1-4H3;4-11,13-14,24H,12H2,1-3H3;3-13,22H,1-2H3;2-10,12,21H,11H2,1H3;1-10,12,20H,11H2;15*1H3;;;;;/q;;;;;15*-1;5*+3. The molecule has 132 heavy (non-hydrogen) atoms. The molecule has 20 rings (SSSR count). The van der Waals surface area contributed by atoms with Gasteiger partial charge in [-0.05, 0) is 249 Å². The van der Waals surface area contributed by atoms with Crippen molar-refractivity contribution in [3.05, 3.63) is 499 Å². The summed E-state index contributed by atoms with van der Waals surface area (Å²) in [6.45, 7) is 21.7. The van der Waals surface area contributed by atoms with Gasteiger partial charge in [-0.15, -0.1) is 0 Å². The molecule has 0 spiro atoms. The Bertz CT molecular complexity index is 6200. The molecule has 5 N–H and O–H groups in total. The number of phenolic OH excluding ortho intramolecular Hbond substituents is 5. The summed E-state index contributed by atoms with van der Waals surface area (Å²) in [5.74, 6) is 1.77. The van der Waals surface area contributed by atoms with Gasteiger partial charge in [0.15, 0.2) is 0 Å². The second-order valence-corrected chi connectivity index (χ2v) is 33.2. The molecule has 0 atom stereocenters. The van der Waals surface area contributed by atoms with Crippen molar-refractivity contribution >= 4 is 0 Å². The fourth-order valence-corrected chi connectivity index (χ4v) is 17.2. The molecule has 10 heteroatoms. The third-order valence-electron chi connectivity index (χ3n) is 23.2. The zero-order chi connectivity index (χ0) is 77.9. The number of aryl methyl sites for hydroxylation is 2. The van der Waals surface area contributed by atoms with Crippen LogP contribution in [0.1, 0.15) is 133 Å². The van der Waals surface area contributed by atoms with Crippen molar-refractivity contribution in [1.82, 2.24) is 0 Å². The van der Waals surface area contributed by atoms with Gasteiger partial charge in [-0.1, -0.05) is 322 Å². The van der Waals surface area contributed by atoms with Crippen LogP contribution in [0.25, 0.3) is 111 Å².